The molecule has 0 bridgehead atoms. The zero-order valence-corrected chi connectivity index (χ0v) is 38.6. The Kier molecular flexibility index (Phi) is 14.2. The second-order valence-corrected chi connectivity index (χ2v) is 22.6. The van der Waals surface area contributed by atoms with Gasteiger partial charge in [-0.3, -0.25) is 9.80 Å². The molecular formula is C50H61Cl2N2PRu. The first-order valence-corrected chi connectivity index (χ1v) is 27.2. The van der Waals surface area contributed by atoms with Gasteiger partial charge < -0.3 is 0 Å². The Hall–Kier alpha value is -2.41. The first kappa shape index (κ1) is 41.7. The number of fused-ring (bicyclic) bond motifs is 1. The number of anilines is 4. The van der Waals surface area contributed by atoms with Crippen LogP contribution >= 0.6 is 27.3 Å². The van der Waals surface area contributed by atoms with E-state index in [0.29, 0.717) is 5.66 Å². The molecule has 3 saturated carbocycles. The van der Waals surface area contributed by atoms with Crippen molar-refractivity contribution < 1.29 is 15.1 Å². The summed E-state index contributed by atoms with van der Waals surface area (Å²) in [6.45, 7) is 13.9. The summed E-state index contributed by atoms with van der Waals surface area (Å²) in [4.78, 5) is 5.50. The van der Waals surface area contributed by atoms with Crippen molar-refractivity contribution in [2.45, 2.75) is 142 Å². The van der Waals surface area contributed by atoms with Gasteiger partial charge in [0.1, 0.15) is 5.82 Å². The van der Waals surface area contributed by atoms with E-state index < -0.39 is 0 Å². The number of para-hydroxylation sites is 2. The van der Waals surface area contributed by atoms with Crippen LogP contribution in [0.5, 0.6) is 0 Å². The number of benzene rings is 4. The number of halogens is 2. The third-order valence-electron chi connectivity index (χ3n) is 12.8. The Bertz CT molecular complexity index is 1890. The van der Waals surface area contributed by atoms with Crippen LogP contribution in [-0.4, -0.2) is 17.0 Å². The van der Waals surface area contributed by atoms with Gasteiger partial charge >= 0.3 is 34.5 Å². The molecule has 4 aromatic carbocycles. The summed E-state index contributed by atoms with van der Waals surface area (Å²) in [5, 5.41) is 0. The fraction of sp³-hybridized carbons (Fsp3) is 0.440. The molecule has 6 heteroatoms. The van der Waals surface area contributed by atoms with Crippen LogP contribution in [-0.2, 0) is 15.1 Å². The van der Waals surface area contributed by atoms with Crippen molar-refractivity contribution in [3.63, 3.8) is 0 Å². The van der Waals surface area contributed by atoms with Gasteiger partial charge in [-0.15, -0.1) is 0 Å². The SMILES string of the molecule is Cc1cc(C)c(N2C(=C3C(=Cc4ccccc4)CCCC3P(C3CCCCC3)C3CCCCC3)N(c3c(C)cc(C)cc3C)c3ccccc32)c(C)c1.[Cl][Ru][Cl]. The summed E-state index contributed by atoms with van der Waals surface area (Å²) in [6, 6.07) is 30.2. The zero-order chi connectivity index (χ0) is 39.3. The maximum absolute atomic E-state index is 4.85. The molecule has 0 N–H and O–H groups in total. The van der Waals surface area contributed by atoms with E-state index in [4.69, 9.17) is 19.4 Å². The van der Waals surface area contributed by atoms with Gasteiger partial charge in [-0.25, -0.2) is 0 Å². The van der Waals surface area contributed by atoms with E-state index in [9.17, 15) is 0 Å². The van der Waals surface area contributed by atoms with Crippen LogP contribution in [0.3, 0.4) is 0 Å². The van der Waals surface area contributed by atoms with E-state index in [1.807, 2.05) is 0 Å². The van der Waals surface area contributed by atoms with Crippen LogP contribution in [0.4, 0.5) is 22.7 Å². The Morgan fingerprint density at radius 3 is 1.45 bits per heavy atom. The zero-order valence-electron chi connectivity index (χ0n) is 34.5. The molecule has 0 amide bonds. The van der Waals surface area contributed by atoms with E-state index in [0.717, 1.165) is 17.7 Å². The fourth-order valence-corrected chi connectivity index (χ4v) is 15.5. The topological polar surface area (TPSA) is 6.48 Å². The molecule has 1 atom stereocenters. The Labute approximate surface area is 355 Å². The van der Waals surface area contributed by atoms with Crippen molar-refractivity contribution in [2.75, 3.05) is 9.80 Å². The molecule has 3 aliphatic carbocycles. The number of hydrogen-bond acceptors (Lipinski definition) is 2. The van der Waals surface area contributed by atoms with Crippen molar-refractivity contribution in [2.24, 2.45) is 0 Å². The molecule has 0 radical (unpaired) electrons. The monoisotopic (exact) mass is 892 g/mol. The molecule has 2 nitrogen and oxygen atoms in total. The van der Waals surface area contributed by atoms with Gasteiger partial charge in [-0.05, 0) is 143 Å². The maximum atomic E-state index is 4.85. The molecule has 0 spiro atoms. The Morgan fingerprint density at radius 1 is 0.571 bits per heavy atom. The molecule has 0 aromatic heterocycles. The molecule has 0 saturated heterocycles. The second kappa shape index (κ2) is 19.1. The normalized spacial score (nSPS) is 20.2. The van der Waals surface area contributed by atoms with Gasteiger partial charge in [0.25, 0.3) is 0 Å². The fourth-order valence-electron chi connectivity index (χ4n) is 10.9. The molecule has 298 valence electrons. The van der Waals surface area contributed by atoms with Crippen molar-refractivity contribution in [1.82, 2.24) is 0 Å². The number of rotatable bonds is 6. The average molecular weight is 893 g/mol. The van der Waals surface area contributed by atoms with Gasteiger partial charge in [-0.2, -0.15) is 0 Å². The summed E-state index contributed by atoms with van der Waals surface area (Å²) in [6.07, 6.45) is 20.7. The van der Waals surface area contributed by atoms with Gasteiger partial charge in [0.05, 0.1) is 22.7 Å². The Balaban J connectivity index is 0.00000155. The van der Waals surface area contributed by atoms with E-state index in [1.54, 1.807) is 11.1 Å². The average Bonchev–Trinajstić information content (AvgIpc) is 3.49. The van der Waals surface area contributed by atoms with Gasteiger partial charge in [0.2, 0.25) is 0 Å². The predicted molar refractivity (Wildman–Crippen MR) is 243 cm³/mol. The summed E-state index contributed by atoms with van der Waals surface area (Å²) in [5.74, 6) is 1.42. The van der Waals surface area contributed by atoms with Gasteiger partial charge in [-0.1, -0.05) is 130 Å². The van der Waals surface area contributed by atoms with Crippen LogP contribution in [0.25, 0.3) is 6.08 Å². The summed E-state index contributed by atoms with van der Waals surface area (Å²) in [7, 11) is 9.49. The van der Waals surface area contributed by atoms with Crippen LogP contribution in [0.1, 0.15) is 122 Å². The molecule has 1 unspecified atom stereocenters. The number of nitrogens with zero attached hydrogens (tertiary/aromatic N) is 2. The van der Waals surface area contributed by atoms with E-state index in [2.05, 4.69) is 136 Å². The number of hydrogen-bond donors (Lipinski definition) is 0. The summed E-state index contributed by atoms with van der Waals surface area (Å²) in [5.41, 5.74) is 20.4. The van der Waals surface area contributed by atoms with E-state index in [1.165, 1.54) is 145 Å². The Morgan fingerprint density at radius 2 is 1.00 bits per heavy atom. The first-order chi connectivity index (χ1) is 27.2. The third kappa shape index (κ3) is 8.79. The first-order valence-electron chi connectivity index (χ1n) is 21.2. The van der Waals surface area contributed by atoms with Crippen LogP contribution in [0, 0.1) is 41.5 Å². The van der Waals surface area contributed by atoms with Crippen molar-refractivity contribution in [1.29, 1.82) is 0 Å². The predicted octanol–water partition coefficient (Wildman–Crippen LogP) is 16.2. The molecule has 4 aliphatic rings. The molecule has 8 rings (SSSR count). The quantitative estimate of drug-likeness (QED) is 0.141. The second-order valence-electron chi connectivity index (χ2n) is 17.0. The van der Waals surface area contributed by atoms with Crippen LogP contribution < -0.4 is 9.80 Å². The minimum atomic E-state index is -0.346. The van der Waals surface area contributed by atoms with Crippen molar-refractivity contribution in [3.05, 3.63) is 135 Å². The molecule has 56 heavy (non-hydrogen) atoms. The van der Waals surface area contributed by atoms with Crippen molar-refractivity contribution >= 4 is 56.1 Å². The molecule has 3 fully saturated rings. The van der Waals surface area contributed by atoms with Crippen LogP contribution in [0.15, 0.2) is 95.8 Å². The standard InChI is InChI=1S/C50H61N2P.2ClH.Ru/c1-34-29-36(3)48(37(4)30-34)51-44-26-16-17-27-45(44)52(49-38(5)31-35(2)32-39(49)6)50(51)47-41(33-40-19-10-7-11-20-40)21-18-28-46(47)53(42-22-12-8-13-23-42)43-24-14-9-15-25-43;;;/h7,10-11,16-17,19-20,26-27,29-33,42-43,46H,8-9,12-15,18,21-25,28H2,1-6H3;2*1H;/q;;;+2/p-2. The number of aryl methyl sites for hydroxylation is 6. The molecular weight excluding hydrogens is 832 g/mol. The molecule has 1 aliphatic heterocycles. The molecule has 1 heterocycles. The third-order valence-corrected chi connectivity index (χ3v) is 16.8. The number of allylic oxidation sites excluding steroid dienone is 2. The van der Waals surface area contributed by atoms with Crippen molar-refractivity contribution in [3.8, 4) is 0 Å². The van der Waals surface area contributed by atoms with Crippen LogP contribution in [0.2, 0.25) is 0 Å². The summed E-state index contributed by atoms with van der Waals surface area (Å²) >= 11 is -0.346. The van der Waals surface area contributed by atoms with E-state index in [-0.39, 0.29) is 23.1 Å². The van der Waals surface area contributed by atoms with Gasteiger partial charge in [0.15, 0.2) is 0 Å². The minimum absolute atomic E-state index is 0.217. The molecule has 4 aromatic rings. The van der Waals surface area contributed by atoms with E-state index >= 15 is 0 Å². The van der Waals surface area contributed by atoms with Gasteiger partial charge in [0, 0.05) is 11.2 Å². The summed E-state index contributed by atoms with van der Waals surface area (Å²) < 4.78 is 0.